The van der Waals surface area contributed by atoms with Crippen LogP contribution in [-0.2, 0) is 0 Å². The first-order chi connectivity index (χ1) is 5.88. The summed E-state index contributed by atoms with van der Waals surface area (Å²) in [5.41, 5.74) is 0.510. The first-order valence-corrected chi connectivity index (χ1v) is 3.40. The Labute approximate surface area is 68.5 Å². The highest BCUT2D eigenvalue weighted by atomic mass is 16.3. The second-order valence-electron chi connectivity index (χ2n) is 2.24. The van der Waals surface area contributed by atoms with Crippen LogP contribution in [0.5, 0.6) is 5.75 Å². The van der Waals surface area contributed by atoms with Gasteiger partial charge < -0.3 is 9.52 Å². The predicted molar refractivity (Wildman–Crippen MR) is 41.4 cm³/mol. The minimum atomic E-state index is 0.0567. The van der Waals surface area contributed by atoms with E-state index in [0.29, 0.717) is 11.4 Å². The van der Waals surface area contributed by atoms with Gasteiger partial charge in [-0.25, -0.2) is 9.97 Å². The van der Waals surface area contributed by atoms with Crippen LogP contribution in [0.1, 0.15) is 0 Å². The summed E-state index contributed by atoms with van der Waals surface area (Å²) in [7, 11) is 0. The second kappa shape index (κ2) is 2.65. The zero-order valence-electron chi connectivity index (χ0n) is 6.14. The van der Waals surface area contributed by atoms with Gasteiger partial charge in [-0.1, -0.05) is 0 Å². The highest BCUT2D eigenvalue weighted by Gasteiger charge is 2.07. The van der Waals surface area contributed by atoms with Gasteiger partial charge in [-0.15, -0.1) is 0 Å². The van der Waals surface area contributed by atoms with E-state index in [9.17, 15) is 5.11 Å². The first-order valence-electron chi connectivity index (χ1n) is 3.40. The van der Waals surface area contributed by atoms with Crippen LogP contribution in [0, 0.1) is 0 Å². The zero-order chi connectivity index (χ0) is 8.39. The normalized spacial score (nSPS) is 10.0. The fourth-order valence-corrected chi connectivity index (χ4v) is 0.896. The molecule has 4 heteroatoms. The first kappa shape index (κ1) is 6.84. The molecule has 0 aliphatic carbocycles. The van der Waals surface area contributed by atoms with Crippen LogP contribution in [-0.4, -0.2) is 15.1 Å². The van der Waals surface area contributed by atoms with Gasteiger partial charge in [0.15, 0.2) is 11.6 Å². The third kappa shape index (κ3) is 1.03. The van der Waals surface area contributed by atoms with Crippen molar-refractivity contribution in [3.05, 3.63) is 31.0 Å². The largest absolute Gasteiger partial charge is 0.504 e. The van der Waals surface area contributed by atoms with Gasteiger partial charge in [0, 0.05) is 12.4 Å². The SMILES string of the molecule is Oc1cocc1-c1ncccn1. The molecule has 2 aromatic heterocycles. The summed E-state index contributed by atoms with van der Waals surface area (Å²) in [6.45, 7) is 0. The zero-order valence-corrected chi connectivity index (χ0v) is 6.14. The van der Waals surface area contributed by atoms with E-state index in [4.69, 9.17) is 4.42 Å². The molecule has 0 amide bonds. The molecule has 0 bridgehead atoms. The van der Waals surface area contributed by atoms with Crippen molar-refractivity contribution in [2.75, 3.05) is 0 Å². The van der Waals surface area contributed by atoms with Gasteiger partial charge in [0.05, 0.1) is 5.56 Å². The molecule has 0 atom stereocenters. The number of nitrogens with zero attached hydrogens (tertiary/aromatic N) is 2. The van der Waals surface area contributed by atoms with Gasteiger partial charge in [-0.2, -0.15) is 0 Å². The number of hydrogen-bond acceptors (Lipinski definition) is 4. The van der Waals surface area contributed by atoms with Crippen LogP contribution >= 0.6 is 0 Å². The molecule has 60 valence electrons. The van der Waals surface area contributed by atoms with Crippen LogP contribution in [0.15, 0.2) is 35.4 Å². The van der Waals surface area contributed by atoms with E-state index in [0.717, 1.165) is 0 Å². The highest BCUT2D eigenvalue weighted by Crippen LogP contribution is 2.26. The topological polar surface area (TPSA) is 59.2 Å². The molecule has 0 aromatic carbocycles. The fourth-order valence-electron chi connectivity index (χ4n) is 0.896. The molecule has 0 fully saturated rings. The van der Waals surface area contributed by atoms with Gasteiger partial charge in [0.25, 0.3) is 0 Å². The monoisotopic (exact) mass is 162 g/mol. The van der Waals surface area contributed by atoms with Crippen LogP contribution in [0.4, 0.5) is 0 Å². The number of furan rings is 1. The van der Waals surface area contributed by atoms with E-state index >= 15 is 0 Å². The summed E-state index contributed by atoms with van der Waals surface area (Å²) in [6, 6.07) is 1.71. The van der Waals surface area contributed by atoms with Gasteiger partial charge in [-0.05, 0) is 6.07 Å². The average molecular weight is 162 g/mol. The van der Waals surface area contributed by atoms with E-state index in [1.54, 1.807) is 18.5 Å². The third-order valence-electron chi connectivity index (χ3n) is 1.45. The van der Waals surface area contributed by atoms with Crippen LogP contribution < -0.4 is 0 Å². The minimum absolute atomic E-state index is 0.0567. The summed E-state index contributed by atoms with van der Waals surface area (Å²) in [5, 5.41) is 9.23. The van der Waals surface area contributed by atoms with Crippen molar-refractivity contribution in [2.24, 2.45) is 0 Å². The van der Waals surface area contributed by atoms with E-state index in [1.807, 2.05) is 0 Å². The van der Waals surface area contributed by atoms with Gasteiger partial charge in [0.1, 0.15) is 12.5 Å². The van der Waals surface area contributed by atoms with Crippen molar-refractivity contribution < 1.29 is 9.52 Å². The molecule has 0 aliphatic heterocycles. The van der Waals surface area contributed by atoms with Crippen LogP contribution in [0.25, 0.3) is 11.4 Å². The lowest BCUT2D eigenvalue weighted by Gasteiger charge is -1.93. The molecule has 12 heavy (non-hydrogen) atoms. The molecule has 0 unspecified atom stereocenters. The van der Waals surface area contributed by atoms with E-state index in [1.165, 1.54) is 12.5 Å². The molecule has 2 aromatic rings. The number of hydrogen-bond donors (Lipinski definition) is 1. The van der Waals surface area contributed by atoms with Crippen molar-refractivity contribution in [1.29, 1.82) is 0 Å². The maximum absolute atomic E-state index is 9.23. The maximum Gasteiger partial charge on any atom is 0.166 e. The van der Waals surface area contributed by atoms with Gasteiger partial charge >= 0.3 is 0 Å². The summed E-state index contributed by atoms with van der Waals surface area (Å²) < 4.78 is 4.77. The van der Waals surface area contributed by atoms with Crippen LogP contribution in [0.2, 0.25) is 0 Å². The summed E-state index contributed by atoms with van der Waals surface area (Å²) >= 11 is 0. The number of aromatic nitrogens is 2. The van der Waals surface area contributed by atoms with E-state index in [-0.39, 0.29) is 5.75 Å². The average Bonchev–Trinajstić information content (AvgIpc) is 2.53. The molecule has 0 saturated heterocycles. The molecule has 4 nitrogen and oxygen atoms in total. The minimum Gasteiger partial charge on any atom is -0.504 e. The summed E-state index contributed by atoms with van der Waals surface area (Å²) in [4.78, 5) is 7.90. The smallest absolute Gasteiger partial charge is 0.166 e. The summed E-state index contributed by atoms with van der Waals surface area (Å²) in [6.07, 6.45) is 5.86. The Hall–Kier alpha value is -1.84. The Balaban J connectivity index is 2.51. The highest BCUT2D eigenvalue weighted by molar-refractivity contribution is 5.60. The maximum atomic E-state index is 9.23. The van der Waals surface area contributed by atoms with Crippen molar-refractivity contribution in [2.45, 2.75) is 0 Å². The van der Waals surface area contributed by atoms with Gasteiger partial charge in [-0.3, -0.25) is 0 Å². The van der Waals surface area contributed by atoms with E-state index < -0.39 is 0 Å². The molecule has 0 saturated carbocycles. The second-order valence-corrected chi connectivity index (χ2v) is 2.24. The quantitative estimate of drug-likeness (QED) is 0.689. The summed E-state index contributed by atoms with van der Waals surface area (Å²) in [5.74, 6) is 0.518. The Morgan fingerprint density at radius 3 is 2.50 bits per heavy atom. The van der Waals surface area contributed by atoms with Crippen LogP contribution in [0.3, 0.4) is 0 Å². The lowest BCUT2D eigenvalue weighted by Crippen LogP contribution is -1.83. The van der Waals surface area contributed by atoms with Crippen molar-refractivity contribution in [1.82, 2.24) is 9.97 Å². The standard InChI is InChI=1S/C8H6N2O2/c11-7-5-12-4-6(7)8-9-2-1-3-10-8/h1-5,11H. The molecule has 2 heterocycles. The Morgan fingerprint density at radius 2 is 1.92 bits per heavy atom. The lowest BCUT2D eigenvalue weighted by molar-refractivity contribution is 0.459. The van der Waals surface area contributed by atoms with E-state index in [2.05, 4.69) is 9.97 Å². The third-order valence-corrected chi connectivity index (χ3v) is 1.45. The molecule has 0 spiro atoms. The molecule has 1 N–H and O–H groups in total. The Morgan fingerprint density at radius 1 is 1.17 bits per heavy atom. The van der Waals surface area contributed by atoms with Gasteiger partial charge in [0.2, 0.25) is 0 Å². The molecule has 0 radical (unpaired) electrons. The molecular formula is C8H6N2O2. The predicted octanol–water partition coefficient (Wildman–Crippen LogP) is 1.44. The fraction of sp³-hybridized carbons (Fsp3) is 0. The number of aromatic hydroxyl groups is 1. The number of rotatable bonds is 1. The molecule has 2 rings (SSSR count). The Bertz CT molecular complexity index is 370. The van der Waals surface area contributed by atoms with Crippen molar-refractivity contribution in [3.8, 4) is 17.1 Å². The van der Waals surface area contributed by atoms with Crippen molar-refractivity contribution >= 4 is 0 Å². The lowest BCUT2D eigenvalue weighted by atomic mass is 10.3. The molecular weight excluding hydrogens is 156 g/mol. The van der Waals surface area contributed by atoms with Crippen molar-refractivity contribution in [3.63, 3.8) is 0 Å². The molecule has 0 aliphatic rings. The Kier molecular flexibility index (Phi) is 1.51.